The average molecular weight is 621 g/mol. The van der Waals surface area contributed by atoms with E-state index in [0.717, 1.165) is 63.4 Å². The molecule has 1 aromatic rings. The fourth-order valence-corrected chi connectivity index (χ4v) is 12.5. The normalized spacial score (nSPS) is 45.4. The number of hydrogen-bond acceptors (Lipinski definition) is 5. The molecule has 0 bridgehead atoms. The summed E-state index contributed by atoms with van der Waals surface area (Å²) in [6.07, 6.45) is 13.1. The van der Waals surface area contributed by atoms with Crippen LogP contribution in [0, 0.1) is 56.2 Å². The first kappa shape index (κ1) is 32.6. The molecule has 0 spiro atoms. The lowest BCUT2D eigenvalue weighted by atomic mass is 9.29. The van der Waals surface area contributed by atoms with E-state index in [-0.39, 0.29) is 51.3 Å². The van der Waals surface area contributed by atoms with Gasteiger partial charge in [0.15, 0.2) is 0 Å². The third-order valence-electron chi connectivity index (χ3n) is 15.1. The standard InChI is InChI=1S/C39H56O6/c1-34(2)17-18-35(3)19-21-38(6)30-15-16-36(4)27(24-45-32(42)14-9-25-7-10-26(40)11-8-25)28(41)12-13-29(36)37(30,5)20-22-39(38,33(43)44)31(35)23-34/h7-11,14,27-31,40-41H,12-13,15-24H2,1-6H3,(H,43,44)/b14-9-/t27-,28-,29+,30-,31+,35+,36+,37-,38+,39-/m0/s1. The summed E-state index contributed by atoms with van der Waals surface area (Å²) >= 11 is 0. The van der Waals surface area contributed by atoms with Gasteiger partial charge in [0.25, 0.3) is 0 Å². The van der Waals surface area contributed by atoms with E-state index in [1.807, 2.05) is 0 Å². The van der Waals surface area contributed by atoms with Crippen molar-refractivity contribution in [1.29, 1.82) is 0 Å². The molecule has 6 heteroatoms. The minimum Gasteiger partial charge on any atom is -0.508 e. The van der Waals surface area contributed by atoms with Crippen molar-refractivity contribution in [2.24, 2.45) is 56.2 Å². The van der Waals surface area contributed by atoms with Gasteiger partial charge in [0, 0.05) is 12.0 Å². The van der Waals surface area contributed by atoms with Crippen molar-refractivity contribution in [3.63, 3.8) is 0 Å². The summed E-state index contributed by atoms with van der Waals surface area (Å²) in [5.74, 6) is -0.133. The molecule has 1 aromatic carbocycles. The van der Waals surface area contributed by atoms with Gasteiger partial charge in [-0.05, 0) is 139 Å². The van der Waals surface area contributed by atoms with Crippen LogP contribution in [0.25, 0.3) is 6.08 Å². The topological polar surface area (TPSA) is 104 Å². The molecule has 6 nitrogen and oxygen atoms in total. The first-order chi connectivity index (χ1) is 21.0. The molecule has 5 aliphatic rings. The molecule has 45 heavy (non-hydrogen) atoms. The van der Waals surface area contributed by atoms with Crippen LogP contribution in [0.1, 0.15) is 118 Å². The molecule has 6 rings (SSSR count). The van der Waals surface area contributed by atoms with Crippen LogP contribution in [0.5, 0.6) is 5.75 Å². The molecular formula is C39H56O6. The second-order valence-corrected chi connectivity index (χ2v) is 17.7. The van der Waals surface area contributed by atoms with E-state index >= 15 is 0 Å². The number of carboxylic acid groups (broad SMARTS) is 1. The Labute approximate surface area is 270 Å². The van der Waals surface area contributed by atoms with E-state index in [1.54, 1.807) is 30.3 Å². The van der Waals surface area contributed by atoms with Gasteiger partial charge >= 0.3 is 11.9 Å². The molecule has 0 radical (unpaired) electrons. The number of hydrogen-bond donors (Lipinski definition) is 3. The number of aliphatic hydroxyl groups is 1. The summed E-state index contributed by atoms with van der Waals surface area (Å²) in [7, 11) is 0. The maximum Gasteiger partial charge on any atom is 0.330 e. The maximum absolute atomic E-state index is 13.8. The van der Waals surface area contributed by atoms with Crippen LogP contribution >= 0.6 is 0 Å². The molecule has 5 aliphatic carbocycles. The van der Waals surface area contributed by atoms with E-state index in [0.29, 0.717) is 18.3 Å². The number of carbonyl (C=O) groups is 2. The summed E-state index contributed by atoms with van der Waals surface area (Å²) in [5, 5.41) is 32.2. The van der Waals surface area contributed by atoms with E-state index in [2.05, 4.69) is 41.5 Å². The highest BCUT2D eigenvalue weighted by atomic mass is 16.5. The molecule has 248 valence electrons. The third kappa shape index (κ3) is 4.90. The zero-order valence-corrected chi connectivity index (χ0v) is 28.4. The number of ether oxygens (including phenoxy) is 1. The predicted molar refractivity (Wildman–Crippen MR) is 175 cm³/mol. The van der Waals surface area contributed by atoms with E-state index in [9.17, 15) is 24.9 Å². The van der Waals surface area contributed by atoms with Crippen LogP contribution in [-0.4, -0.2) is 40.0 Å². The Morgan fingerprint density at radius 2 is 1.51 bits per heavy atom. The Hall–Kier alpha value is -2.34. The minimum absolute atomic E-state index is 0.0280. The van der Waals surface area contributed by atoms with Crippen molar-refractivity contribution in [2.75, 3.05) is 6.61 Å². The Morgan fingerprint density at radius 1 is 0.822 bits per heavy atom. The van der Waals surface area contributed by atoms with Crippen molar-refractivity contribution >= 4 is 18.0 Å². The highest BCUT2D eigenvalue weighted by Crippen LogP contribution is 2.78. The zero-order valence-electron chi connectivity index (χ0n) is 28.4. The molecule has 0 aromatic heterocycles. The Kier molecular flexibility index (Phi) is 7.86. The lowest BCUT2D eigenvalue weighted by Gasteiger charge is -2.74. The fraction of sp³-hybridized carbons (Fsp3) is 0.744. The first-order valence-electron chi connectivity index (χ1n) is 17.6. The molecule has 10 atom stereocenters. The van der Waals surface area contributed by atoms with Crippen LogP contribution in [0.4, 0.5) is 0 Å². The summed E-state index contributed by atoms with van der Waals surface area (Å²) in [5.41, 5.74) is -0.154. The highest BCUT2D eigenvalue weighted by molar-refractivity contribution is 5.87. The third-order valence-corrected chi connectivity index (χ3v) is 15.1. The molecule has 5 saturated carbocycles. The second kappa shape index (κ2) is 10.9. The van der Waals surface area contributed by atoms with Gasteiger partial charge in [-0.3, -0.25) is 4.79 Å². The number of phenolic OH excluding ortho intramolecular Hbond substituents is 1. The monoisotopic (exact) mass is 620 g/mol. The van der Waals surface area contributed by atoms with Gasteiger partial charge in [-0.2, -0.15) is 0 Å². The van der Waals surface area contributed by atoms with Gasteiger partial charge in [0.05, 0.1) is 18.1 Å². The van der Waals surface area contributed by atoms with E-state index < -0.39 is 23.5 Å². The maximum atomic E-state index is 13.8. The lowest BCUT2D eigenvalue weighted by molar-refractivity contribution is -0.269. The number of fused-ring (bicyclic) bond motifs is 7. The highest BCUT2D eigenvalue weighted by Gasteiger charge is 2.75. The van der Waals surface area contributed by atoms with Crippen LogP contribution < -0.4 is 0 Å². The van der Waals surface area contributed by atoms with Gasteiger partial charge in [-0.15, -0.1) is 0 Å². The van der Waals surface area contributed by atoms with Gasteiger partial charge in [0.2, 0.25) is 0 Å². The number of carbonyl (C=O) groups excluding carboxylic acids is 1. The van der Waals surface area contributed by atoms with Crippen LogP contribution in [0.3, 0.4) is 0 Å². The van der Waals surface area contributed by atoms with Crippen LogP contribution in [0.2, 0.25) is 0 Å². The number of carboxylic acids is 1. The van der Waals surface area contributed by atoms with Crippen molar-refractivity contribution < 1.29 is 29.6 Å². The van der Waals surface area contributed by atoms with E-state index in [1.165, 1.54) is 12.5 Å². The Morgan fingerprint density at radius 3 is 2.20 bits per heavy atom. The summed E-state index contributed by atoms with van der Waals surface area (Å²) in [6.45, 7) is 14.4. The molecule has 0 amide bonds. The largest absolute Gasteiger partial charge is 0.508 e. The van der Waals surface area contributed by atoms with Crippen LogP contribution in [-0.2, 0) is 14.3 Å². The van der Waals surface area contributed by atoms with Crippen molar-refractivity contribution in [2.45, 2.75) is 118 Å². The number of esters is 1. The molecule has 0 heterocycles. The Balaban J connectivity index is 1.26. The molecule has 0 aliphatic heterocycles. The van der Waals surface area contributed by atoms with Crippen LogP contribution in [0.15, 0.2) is 30.3 Å². The zero-order chi connectivity index (χ0) is 32.6. The number of aliphatic carboxylic acids is 1. The lowest BCUT2D eigenvalue weighted by Crippen LogP contribution is -2.70. The summed E-state index contributed by atoms with van der Waals surface area (Å²) in [6, 6.07) is 6.63. The van der Waals surface area contributed by atoms with Gasteiger partial charge in [0.1, 0.15) is 5.75 Å². The van der Waals surface area contributed by atoms with Crippen molar-refractivity contribution in [3.8, 4) is 5.75 Å². The fourth-order valence-electron chi connectivity index (χ4n) is 12.5. The Bertz CT molecular complexity index is 1350. The summed E-state index contributed by atoms with van der Waals surface area (Å²) in [4.78, 5) is 26.5. The number of rotatable bonds is 5. The summed E-state index contributed by atoms with van der Waals surface area (Å²) < 4.78 is 5.81. The molecule has 3 N–H and O–H groups in total. The smallest absolute Gasteiger partial charge is 0.330 e. The number of phenols is 1. The molecule has 5 fully saturated rings. The number of benzene rings is 1. The minimum atomic E-state index is -0.706. The first-order valence-corrected chi connectivity index (χ1v) is 17.6. The number of aliphatic hydroxyl groups excluding tert-OH is 1. The van der Waals surface area contributed by atoms with Gasteiger partial charge in [-0.25, -0.2) is 4.79 Å². The predicted octanol–water partition coefficient (Wildman–Crippen LogP) is 8.26. The van der Waals surface area contributed by atoms with E-state index in [4.69, 9.17) is 4.74 Å². The van der Waals surface area contributed by atoms with Crippen molar-refractivity contribution in [1.82, 2.24) is 0 Å². The van der Waals surface area contributed by atoms with Gasteiger partial charge < -0.3 is 20.1 Å². The molecule has 0 unspecified atom stereocenters. The molecule has 0 saturated heterocycles. The number of aromatic hydroxyl groups is 1. The van der Waals surface area contributed by atoms with Crippen molar-refractivity contribution in [3.05, 3.63) is 35.9 Å². The van der Waals surface area contributed by atoms with Gasteiger partial charge in [-0.1, -0.05) is 53.7 Å². The SMILES string of the molecule is CC1(C)CC[C@]2(C)CC[C@]3(C)[C@H]4CC[C@@]5(C)[C@@H](CC[C@H](O)[C@@H]5COC(=O)/C=C\c5ccc(O)cc5)[C@]4(C)CC[C@@]3(C(=O)O)[C@@H]2C1. The average Bonchev–Trinajstić information content (AvgIpc) is 2.96. The quantitative estimate of drug-likeness (QED) is 0.226. The molecular weight excluding hydrogens is 564 g/mol. The second-order valence-electron chi connectivity index (χ2n) is 17.7.